The number of esters is 1. The van der Waals surface area contributed by atoms with Crippen LogP contribution in [0.5, 0.6) is 11.5 Å². The number of rotatable bonds is 8. The molecule has 4 aliphatic rings. The topological polar surface area (TPSA) is 192 Å². The Hall–Kier alpha value is -5.69. The lowest BCUT2D eigenvalue weighted by Gasteiger charge is -2.39. The maximum atomic E-state index is 13.5. The average Bonchev–Trinajstić information content (AvgIpc) is 3.30. The number of aryl methyl sites for hydroxylation is 2. The molecule has 0 radical (unpaired) electrons. The van der Waals surface area contributed by atoms with E-state index in [0.717, 1.165) is 28.1 Å². The molecule has 8 rings (SSSR count). The predicted octanol–water partition coefficient (Wildman–Crippen LogP) is 4.51. The van der Waals surface area contributed by atoms with E-state index in [9.17, 15) is 14.7 Å². The summed E-state index contributed by atoms with van der Waals surface area (Å²) < 4.78 is 23.8. The Bertz CT molecular complexity index is 2290. The number of phenolic OH excluding ortho intramolecular Hbond substituents is 1. The normalized spacial score (nSPS) is 22.6. The molecule has 262 valence electrons. The lowest BCUT2D eigenvalue weighted by molar-refractivity contribution is -0.167. The minimum atomic E-state index is -1.15. The number of benzene rings is 1. The molecule has 0 saturated carbocycles. The van der Waals surface area contributed by atoms with E-state index in [0.29, 0.717) is 60.3 Å². The molecule has 0 amide bonds. The molecule has 13 heteroatoms. The second kappa shape index (κ2) is 11.7. The van der Waals surface area contributed by atoms with Crippen LogP contribution in [0.15, 0.2) is 74.7 Å². The van der Waals surface area contributed by atoms with Gasteiger partial charge in [-0.2, -0.15) is 0 Å². The smallest absolute Gasteiger partial charge is 0.341 e. The van der Waals surface area contributed by atoms with Crippen LogP contribution < -0.4 is 21.6 Å². The third-order valence-electron chi connectivity index (χ3n) is 9.97. The molecule has 13 nitrogen and oxygen atoms in total. The van der Waals surface area contributed by atoms with E-state index in [-0.39, 0.29) is 34.7 Å². The van der Waals surface area contributed by atoms with Crippen LogP contribution in [0.2, 0.25) is 0 Å². The monoisotopic (exact) mass is 690 g/mol. The third kappa shape index (κ3) is 5.97. The van der Waals surface area contributed by atoms with E-state index in [2.05, 4.69) is 26.1 Å². The molecule has 1 fully saturated rings. The zero-order chi connectivity index (χ0) is 35.8. The minimum Gasteiger partial charge on any atom is -0.507 e. The molecule has 0 bridgehead atoms. The summed E-state index contributed by atoms with van der Waals surface area (Å²) >= 11 is 0. The van der Waals surface area contributed by atoms with Crippen molar-refractivity contribution < 1.29 is 28.5 Å². The van der Waals surface area contributed by atoms with Gasteiger partial charge in [0, 0.05) is 47.7 Å². The summed E-state index contributed by atoms with van der Waals surface area (Å²) in [6.07, 6.45) is 5.99. The summed E-state index contributed by atoms with van der Waals surface area (Å²) in [5.74, 6) is 0.786. The fourth-order valence-electron chi connectivity index (χ4n) is 7.13. The molecule has 7 heterocycles. The maximum Gasteiger partial charge on any atom is 0.341 e. The molecule has 4 aromatic rings. The van der Waals surface area contributed by atoms with E-state index in [1.54, 1.807) is 39.8 Å². The number of pyridine rings is 2. The molecule has 51 heavy (non-hydrogen) atoms. The number of carbonyl (C=O) groups excluding carboxylic acids is 1. The van der Waals surface area contributed by atoms with Crippen molar-refractivity contribution in [2.45, 2.75) is 76.9 Å². The molecule has 3 atom stereocenters. The molecule has 1 aromatic carbocycles. The molecule has 4 aliphatic heterocycles. The number of anilines is 2. The molecular formula is C38H38N6O7. The Morgan fingerprint density at radius 1 is 1.10 bits per heavy atom. The Morgan fingerprint density at radius 2 is 1.90 bits per heavy atom. The zero-order valence-electron chi connectivity index (χ0n) is 28.7. The van der Waals surface area contributed by atoms with Crippen molar-refractivity contribution >= 4 is 34.3 Å². The van der Waals surface area contributed by atoms with Crippen molar-refractivity contribution in [2.24, 2.45) is 4.99 Å². The first kappa shape index (κ1) is 32.5. The number of allylic oxidation sites excluding steroid dienone is 1. The summed E-state index contributed by atoms with van der Waals surface area (Å²) in [6, 6.07) is 10.5. The first-order valence-electron chi connectivity index (χ1n) is 16.9. The Labute approximate surface area is 293 Å². The highest BCUT2D eigenvalue weighted by Gasteiger charge is 2.60. The number of nitrogen functional groups attached to an aromatic ring is 2. The number of fused-ring (bicyclic) bond motifs is 3. The number of aromatic hydroxyl groups is 1. The van der Waals surface area contributed by atoms with Gasteiger partial charge in [0.15, 0.2) is 11.0 Å². The summed E-state index contributed by atoms with van der Waals surface area (Å²) in [7, 11) is 0. The Balaban J connectivity index is 0.934. The maximum absolute atomic E-state index is 13.5. The average molecular weight is 691 g/mol. The van der Waals surface area contributed by atoms with Crippen LogP contribution in [-0.4, -0.2) is 61.6 Å². The molecule has 5 N–H and O–H groups in total. The number of hydrogen-bond donors (Lipinski definition) is 3. The first-order valence-corrected chi connectivity index (χ1v) is 16.9. The van der Waals surface area contributed by atoms with Gasteiger partial charge in [0.05, 0.1) is 36.3 Å². The number of aromatic nitrogens is 2. The Morgan fingerprint density at radius 3 is 2.71 bits per heavy atom. The van der Waals surface area contributed by atoms with Crippen LogP contribution in [0.1, 0.15) is 49.8 Å². The van der Waals surface area contributed by atoms with Crippen LogP contribution in [0.4, 0.5) is 11.6 Å². The van der Waals surface area contributed by atoms with E-state index >= 15 is 0 Å². The number of phenols is 1. The summed E-state index contributed by atoms with van der Waals surface area (Å²) in [5.41, 5.74) is 16.0. The number of carbonyl (C=O) groups is 1. The first-order chi connectivity index (χ1) is 24.3. The molecule has 1 saturated heterocycles. The second-order valence-corrected chi connectivity index (χ2v) is 14.3. The lowest BCUT2D eigenvalue weighted by atomic mass is 9.89. The van der Waals surface area contributed by atoms with E-state index in [1.807, 2.05) is 30.5 Å². The van der Waals surface area contributed by atoms with Crippen LogP contribution in [0.25, 0.3) is 22.2 Å². The highest BCUT2D eigenvalue weighted by molar-refractivity contribution is 6.07. The van der Waals surface area contributed by atoms with Crippen LogP contribution in [-0.2, 0) is 33.7 Å². The van der Waals surface area contributed by atoms with Gasteiger partial charge in [0.25, 0.3) is 0 Å². The van der Waals surface area contributed by atoms with Crippen LogP contribution in [0.3, 0.4) is 0 Å². The van der Waals surface area contributed by atoms with Gasteiger partial charge < -0.3 is 40.1 Å². The standard InChI is InChI=1S/C38H38N6O7/c1-19-9-27(45)34-29(48-19)15-28-24(35(34)46)14-31(37(2,3)50-28)49-36(47)38(4)30(51-38)6-5-20-10-25(43-32(39)11-20)22-12-23(42-33(40)13-22)17-44-16-21-7-8-41-26(21)18-44/h7-13,15-16,30-31,46H,5-6,14,17-18H2,1-4H3,(H2,39,43)(H2,40,42)/t30-,31-,38-/m1/s1. The van der Waals surface area contributed by atoms with Crippen molar-refractivity contribution in [1.29, 1.82) is 0 Å². The summed E-state index contributed by atoms with van der Waals surface area (Å²) in [4.78, 5) is 41.9. The van der Waals surface area contributed by atoms with E-state index in [1.165, 1.54) is 6.07 Å². The molecule has 0 aliphatic carbocycles. The number of aliphatic imine (C=N–C) groups is 1. The molecular weight excluding hydrogens is 652 g/mol. The van der Waals surface area contributed by atoms with Gasteiger partial charge in [-0.25, -0.2) is 14.8 Å². The predicted molar refractivity (Wildman–Crippen MR) is 190 cm³/mol. The Kier molecular flexibility index (Phi) is 7.45. The van der Waals surface area contributed by atoms with E-state index in [4.69, 9.17) is 30.1 Å². The van der Waals surface area contributed by atoms with Gasteiger partial charge in [-0.05, 0) is 76.4 Å². The van der Waals surface area contributed by atoms with Gasteiger partial charge >= 0.3 is 5.97 Å². The van der Waals surface area contributed by atoms with Gasteiger partial charge in [-0.15, -0.1) is 0 Å². The highest BCUT2D eigenvalue weighted by Crippen LogP contribution is 2.45. The fourth-order valence-corrected chi connectivity index (χ4v) is 7.13. The number of epoxide rings is 1. The van der Waals surface area contributed by atoms with Gasteiger partial charge in [-0.1, -0.05) is 0 Å². The fraction of sp³-hybridized carbons (Fsp3) is 0.342. The molecule has 0 spiro atoms. The molecule has 3 aromatic heterocycles. The van der Waals surface area contributed by atoms with Crippen molar-refractivity contribution in [3.63, 3.8) is 0 Å². The van der Waals surface area contributed by atoms with Crippen molar-refractivity contribution in [3.05, 3.63) is 93.3 Å². The summed E-state index contributed by atoms with van der Waals surface area (Å²) in [5, 5.41) is 11.1. The zero-order valence-corrected chi connectivity index (χ0v) is 28.7. The van der Waals surface area contributed by atoms with E-state index < -0.39 is 23.3 Å². The summed E-state index contributed by atoms with van der Waals surface area (Å²) in [6.45, 7) is 8.27. The van der Waals surface area contributed by atoms with Gasteiger partial charge in [-0.3, -0.25) is 9.79 Å². The number of nitrogens with two attached hydrogens (primary N) is 2. The SMILES string of the molecule is Cc1cc(=O)c2c(O)c3c(cc2o1)OC(C)(C)[C@H](OC(=O)[C@]1(C)O[C@@H]1CCc1cc(N)nc(-c2cc(N)nc(CN4C=C5C=CN=C5C4)c2)c1)C3. The van der Waals surface area contributed by atoms with Gasteiger partial charge in [0.1, 0.15) is 51.6 Å². The number of hydrogen-bond acceptors (Lipinski definition) is 13. The van der Waals surface area contributed by atoms with Crippen LogP contribution >= 0.6 is 0 Å². The van der Waals surface area contributed by atoms with Crippen molar-refractivity contribution in [3.8, 4) is 22.8 Å². The highest BCUT2D eigenvalue weighted by atomic mass is 16.7. The minimum absolute atomic E-state index is 0.0635. The van der Waals surface area contributed by atoms with Crippen LogP contribution in [0, 0.1) is 6.92 Å². The third-order valence-corrected chi connectivity index (χ3v) is 9.97. The lowest BCUT2D eigenvalue weighted by Crippen LogP contribution is -2.50. The van der Waals surface area contributed by atoms with Crippen molar-refractivity contribution in [1.82, 2.24) is 14.9 Å². The van der Waals surface area contributed by atoms with Crippen molar-refractivity contribution in [2.75, 3.05) is 18.0 Å². The second-order valence-electron chi connectivity index (χ2n) is 14.3. The molecule has 0 unspecified atom stereocenters. The quantitative estimate of drug-likeness (QED) is 0.173. The number of nitrogens with zero attached hydrogens (tertiary/aromatic N) is 4. The number of ether oxygens (including phenoxy) is 3. The van der Waals surface area contributed by atoms with Gasteiger partial charge in [0.2, 0.25) is 0 Å². The largest absolute Gasteiger partial charge is 0.507 e.